The van der Waals surface area contributed by atoms with E-state index in [-0.39, 0.29) is 5.91 Å². The van der Waals surface area contributed by atoms with Gasteiger partial charge in [0.25, 0.3) is 0 Å². The van der Waals surface area contributed by atoms with Gasteiger partial charge in [-0.15, -0.1) is 11.3 Å². The number of nitrogens with zero attached hydrogens (tertiary/aromatic N) is 1. The molecule has 14 heavy (non-hydrogen) atoms. The molecule has 0 spiro atoms. The van der Waals surface area contributed by atoms with E-state index in [4.69, 9.17) is 0 Å². The molecule has 2 heterocycles. The molecule has 0 aromatic carbocycles. The average molecular weight is 338 g/mol. The van der Waals surface area contributed by atoms with Crippen molar-refractivity contribution in [3.63, 3.8) is 0 Å². The highest BCUT2D eigenvalue weighted by Crippen LogP contribution is 2.33. The van der Waals surface area contributed by atoms with Crippen molar-refractivity contribution in [2.45, 2.75) is 12.8 Å². The Hall–Kier alpha value is -0.200. The van der Waals surface area contributed by atoms with Gasteiger partial charge < -0.3 is 0 Å². The number of hydrogen-bond donors (Lipinski definition) is 1. The van der Waals surface area contributed by atoms with Crippen molar-refractivity contribution in [3.8, 4) is 0 Å². The van der Waals surface area contributed by atoms with Crippen molar-refractivity contribution in [1.82, 2.24) is 5.43 Å². The van der Waals surface area contributed by atoms with Gasteiger partial charge in [-0.3, -0.25) is 4.79 Å². The van der Waals surface area contributed by atoms with Gasteiger partial charge in [-0.2, -0.15) is 5.10 Å². The van der Waals surface area contributed by atoms with Gasteiger partial charge in [-0.25, -0.2) is 5.43 Å². The van der Waals surface area contributed by atoms with Crippen molar-refractivity contribution in [2.75, 3.05) is 0 Å². The van der Waals surface area contributed by atoms with Crippen molar-refractivity contribution in [3.05, 3.63) is 19.2 Å². The molecular weight excluding hydrogens is 332 g/mol. The summed E-state index contributed by atoms with van der Waals surface area (Å²) in [6.45, 7) is 0. The van der Waals surface area contributed by atoms with Crippen molar-refractivity contribution >= 4 is 54.8 Å². The molecule has 0 aliphatic carbocycles. The Labute approximate surface area is 102 Å². The van der Waals surface area contributed by atoms with Crippen LogP contribution in [-0.2, 0) is 4.79 Å². The summed E-state index contributed by atoms with van der Waals surface area (Å²) in [6.07, 6.45) is 1.23. The lowest BCUT2D eigenvalue weighted by Crippen LogP contribution is -2.25. The summed E-state index contributed by atoms with van der Waals surface area (Å²) < 4.78 is 2.07. The molecular formula is C8H6Br2N2OS. The standard InChI is InChI=1S/C8H6Br2N2OS/c9-4-3-6(14-8(4)10)5-1-2-7(13)12-11-5/h3H,1-2H2,(H,12,13). The third kappa shape index (κ3) is 2.07. The van der Waals surface area contributed by atoms with Gasteiger partial charge in [0.15, 0.2) is 0 Å². The molecule has 1 aliphatic heterocycles. The molecule has 6 heteroatoms. The molecule has 0 saturated carbocycles. The summed E-state index contributed by atoms with van der Waals surface area (Å²) in [6, 6.07) is 2.01. The van der Waals surface area contributed by atoms with E-state index in [1.165, 1.54) is 0 Å². The molecule has 74 valence electrons. The SMILES string of the molecule is O=C1CCC(c2cc(Br)c(Br)s2)=NN1. The van der Waals surface area contributed by atoms with E-state index in [9.17, 15) is 4.79 Å². The Morgan fingerprint density at radius 1 is 1.43 bits per heavy atom. The Morgan fingerprint density at radius 3 is 2.71 bits per heavy atom. The third-order valence-corrected chi connectivity index (χ3v) is 5.14. The Bertz CT molecular complexity index is 394. The third-order valence-electron chi connectivity index (χ3n) is 1.83. The molecule has 0 bridgehead atoms. The molecule has 1 N–H and O–H groups in total. The molecule has 0 unspecified atom stereocenters. The molecule has 2 rings (SSSR count). The monoisotopic (exact) mass is 336 g/mol. The minimum absolute atomic E-state index is 0.0107. The first-order valence-electron chi connectivity index (χ1n) is 3.97. The van der Waals surface area contributed by atoms with E-state index >= 15 is 0 Å². The van der Waals surface area contributed by atoms with E-state index in [0.29, 0.717) is 12.8 Å². The summed E-state index contributed by atoms with van der Waals surface area (Å²) in [5.41, 5.74) is 3.43. The molecule has 1 aromatic rings. The maximum absolute atomic E-state index is 10.9. The van der Waals surface area contributed by atoms with Gasteiger partial charge in [0.1, 0.15) is 0 Å². The lowest BCUT2D eigenvalue weighted by atomic mass is 10.1. The summed E-state index contributed by atoms with van der Waals surface area (Å²) in [4.78, 5) is 12.0. The van der Waals surface area contributed by atoms with E-state index in [2.05, 4.69) is 42.4 Å². The van der Waals surface area contributed by atoms with Crippen LogP contribution in [0.25, 0.3) is 0 Å². The average Bonchev–Trinajstić information content (AvgIpc) is 2.48. The Balaban J connectivity index is 2.27. The topological polar surface area (TPSA) is 41.5 Å². The van der Waals surface area contributed by atoms with Crippen LogP contribution in [0.4, 0.5) is 0 Å². The zero-order valence-electron chi connectivity index (χ0n) is 7.01. The highest BCUT2D eigenvalue weighted by Gasteiger charge is 2.16. The van der Waals surface area contributed by atoms with Crippen LogP contribution >= 0.6 is 43.2 Å². The number of amides is 1. The van der Waals surface area contributed by atoms with E-state index in [0.717, 1.165) is 18.8 Å². The lowest BCUT2D eigenvalue weighted by Gasteiger charge is -2.09. The fourth-order valence-corrected chi connectivity index (χ4v) is 3.19. The zero-order chi connectivity index (χ0) is 10.1. The minimum atomic E-state index is -0.0107. The first-order chi connectivity index (χ1) is 6.66. The number of hydrogen-bond acceptors (Lipinski definition) is 3. The van der Waals surface area contributed by atoms with Crippen LogP contribution in [0.15, 0.2) is 19.4 Å². The maximum Gasteiger partial charge on any atom is 0.240 e. The highest BCUT2D eigenvalue weighted by atomic mass is 79.9. The van der Waals surface area contributed by atoms with Gasteiger partial charge in [0.05, 0.1) is 14.4 Å². The van der Waals surface area contributed by atoms with Gasteiger partial charge in [-0.05, 0) is 37.9 Å². The molecule has 1 aromatic heterocycles. The first kappa shape index (κ1) is 10.3. The quantitative estimate of drug-likeness (QED) is 0.841. The van der Waals surface area contributed by atoms with E-state index in [1.807, 2.05) is 6.07 Å². The second kappa shape index (κ2) is 4.12. The molecule has 0 atom stereocenters. The van der Waals surface area contributed by atoms with Gasteiger partial charge >= 0.3 is 0 Å². The number of carbonyl (C=O) groups is 1. The van der Waals surface area contributed by atoms with Crippen LogP contribution in [0.2, 0.25) is 0 Å². The van der Waals surface area contributed by atoms with Crippen molar-refractivity contribution in [1.29, 1.82) is 0 Å². The fraction of sp³-hybridized carbons (Fsp3) is 0.250. The molecule has 1 amide bonds. The van der Waals surface area contributed by atoms with Crippen LogP contribution in [0, 0.1) is 0 Å². The van der Waals surface area contributed by atoms with Crippen LogP contribution in [-0.4, -0.2) is 11.6 Å². The van der Waals surface area contributed by atoms with Crippen LogP contribution in [0.1, 0.15) is 17.7 Å². The first-order valence-corrected chi connectivity index (χ1v) is 6.37. The van der Waals surface area contributed by atoms with Crippen LogP contribution in [0.5, 0.6) is 0 Å². The van der Waals surface area contributed by atoms with Gasteiger partial charge in [-0.1, -0.05) is 0 Å². The second-order valence-electron chi connectivity index (χ2n) is 2.83. The largest absolute Gasteiger partial charge is 0.273 e. The van der Waals surface area contributed by atoms with Crippen molar-refractivity contribution < 1.29 is 4.79 Å². The number of thiophene rings is 1. The molecule has 0 radical (unpaired) electrons. The van der Waals surface area contributed by atoms with Gasteiger partial charge in [0.2, 0.25) is 5.91 Å². The summed E-state index contributed by atoms with van der Waals surface area (Å²) >= 11 is 8.45. The predicted molar refractivity (Wildman–Crippen MR) is 63.6 cm³/mol. The summed E-state index contributed by atoms with van der Waals surface area (Å²) in [5.74, 6) is -0.0107. The second-order valence-corrected chi connectivity index (χ2v) is 6.05. The Kier molecular flexibility index (Phi) is 3.04. The number of rotatable bonds is 1. The fourth-order valence-electron chi connectivity index (χ4n) is 1.14. The van der Waals surface area contributed by atoms with Gasteiger partial charge in [0, 0.05) is 17.3 Å². The summed E-state index contributed by atoms with van der Waals surface area (Å²) in [5, 5.41) is 4.02. The van der Waals surface area contributed by atoms with Crippen LogP contribution < -0.4 is 5.43 Å². The maximum atomic E-state index is 10.9. The molecule has 3 nitrogen and oxygen atoms in total. The predicted octanol–water partition coefficient (Wildman–Crippen LogP) is 2.89. The number of halogens is 2. The number of carbonyl (C=O) groups excluding carboxylic acids is 1. The molecule has 1 aliphatic rings. The van der Waals surface area contributed by atoms with Crippen molar-refractivity contribution in [2.24, 2.45) is 5.10 Å². The number of hydrazone groups is 1. The minimum Gasteiger partial charge on any atom is -0.273 e. The normalized spacial score (nSPS) is 16.4. The van der Waals surface area contributed by atoms with Crippen LogP contribution in [0.3, 0.4) is 0 Å². The summed E-state index contributed by atoms with van der Waals surface area (Å²) in [7, 11) is 0. The van der Waals surface area contributed by atoms with E-state index in [1.54, 1.807) is 11.3 Å². The molecule has 0 fully saturated rings. The smallest absolute Gasteiger partial charge is 0.240 e. The molecule has 0 saturated heterocycles. The zero-order valence-corrected chi connectivity index (χ0v) is 11.0. The Morgan fingerprint density at radius 2 is 2.21 bits per heavy atom. The highest BCUT2D eigenvalue weighted by molar-refractivity contribution is 9.13. The lowest BCUT2D eigenvalue weighted by molar-refractivity contribution is -0.121. The van der Waals surface area contributed by atoms with E-state index < -0.39 is 0 Å². The number of nitrogens with one attached hydrogen (secondary N) is 1.